The van der Waals surface area contributed by atoms with Crippen LogP contribution < -0.4 is 10.6 Å². The normalized spacial score (nSPS) is 17.5. The predicted octanol–water partition coefficient (Wildman–Crippen LogP) is 7.77. The van der Waals surface area contributed by atoms with Crippen LogP contribution in [0.3, 0.4) is 0 Å². The lowest BCUT2D eigenvalue weighted by atomic mass is 9.86. The number of nitrogens with one attached hydrogen (secondary N) is 2. The Morgan fingerprint density at radius 2 is 1.36 bits per heavy atom. The summed E-state index contributed by atoms with van der Waals surface area (Å²) >= 11 is 0. The molecule has 2 N–H and O–H groups in total. The zero-order valence-electron chi connectivity index (χ0n) is 26.3. The number of aryl methyl sites for hydroxylation is 2. The minimum Gasteiger partial charge on any atom is -0.388 e. The van der Waals surface area contributed by atoms with Gasteiger partial charge in [0.1, 0.15) is 11.4 Å². The summed E-state index contributed by atoms with van der Waals surface area (Å²) in [5, 5.41) is 8.09. The van der Waals surface area contributed by atoms with Crippen molar-refractivity contribution < 1.29 is 8.42 Å². The number of hydrogen-bond acceptors (Lipinski definition) is 5. The quantitative estimate of drug-likeness (QED) is 0.223. The molecule has 4 aromatic carbocycles. The van der Waals surface area contributed by atoms with E-state index in [0.717, 1.165) is 50.6 Å². The first kappa shape index (κ1) is 30.6. The number of benzene rings is 4. The van der Waals surface area contributed by atoms with Gasteiger partial charge in [-0.3, -0.25) is 4.99 Å². The second-order valence-electron chi connectivity index (χ2n) is 11.9. The largest absolute Gasteiger partial charge is 0.388 e. The Balaban J connectivity index is 1.20. The molecule has 0 atom stereocenters. The fraction of sp³-hybridized carbons (Fsp3) is 0.237. The molecule has 0 amide bonds. The highest BCUT2D eigenvalue weighted by molar-refractivity contribution is 7.92. The average molecular weight is 617 g/mol. The highest BCUT2D eigenvalue weighted by atomic mass is 32.2. The second-order valence-corrected chi connectivity index (χ2v) is 13.7. The van der Waals surface area contributed by atoms with E-state index in [1.165, 1.54) is 16.5 Å². The van der Waals surface area contributed by atoms with E-state index in [2.05, 4.69) is 89.5 Å². The van der Waals surface area contributed by atoms with E-state index in [4.69, 9.17) is 4.99 Å². The number of nitrogens with zero attached hydrogens (tertiary/aromatic N) is 2. The van der Waals surface area contributed by atoms with Gasteiger partial charge in [0.15, 0.2) is 0 Å². The molecule has 1 fully saturated rings. The third kappa shape index (κ3) is 6.23. The van der Waals surface area contributed by atoms with E-state index in [1.54, 1.807) is 10.4 Å². The number of rotatable bonds is 7. The lowest BCUT2D eigenvalue weighted by Crippen LogP contribution is -2.46. The van der Waals surface area contributed by atoms with Crippen LogP contribution in [0.4, 0.5) is 5.69 Å². The summed E-state index contributed by atoms with van der Waals surface area (Å²) in [6.07, 6.45) is 5.04. The first-order valence-corrected chi connectivity index (χ1v) is 17.0. The minimum absolute atomic E-state index is 0.408. The molecule has 0 unspecified atom stereocenters. The number of aliphatic imine (C=N–C) groups is 1. The van der Waals surface area contributed by atoms with Gasteiger partial charge in [-0.1, -0.05) is 72.8 Å². The summed E-state index contributed by atoms with van der Waals surface area (Å²) in [6.45, 7) is 6.84. The molecule has 1 spiro atoms. The molecule has 0 bridgehead atoms. The van der Waals surface area contributed by atoms with Crippen molar-refractivity contribution in [1.29, 1.82) is 0 Å². The Hall–Kier alpha value is -4.46. The molecule has 45 heavy (non-hydrogen) atoms. The molecule has 2 heterocycles. The van der Waals surface area contributed by atoms with Crippen molar-refractivity contribution in [2.45, 2.75) is 39.2 Å². The van der Waals surface area contributed by atoms with Gasteiger partial charge in [0, 0.05) is 42.5 Å². The molecule has 0 radical (unpaired) electrons. The van der Waals surface area contributed by atoms with Gasteiger partial charge in [0.05, 0.1) is 0 Å². The van der Waals surface area contributed by atoms with Crippen LogP contribution in [-0.4, -0.2) is 44.2 Å². The maximum atomic E-state index is 13.4. The van der Waals surface area contributed by atoms with Gasteiger partial charge in [-0.15, -0.1) is 0 Å². The van der Waals surface area contributed by atoms with Crippen LogP contribution in [0.15, 0.2) is 113 Å². The van der Waals surface area contributed by atoms with Crippen LogP contribution in [0.2, 0.25) is 0 Å². The van der Waals surface area contributed by atoms with Crippen LogP contribution in [0.1, 0.15) is 42.0 Å². The Bertz CT molecular complexity index is 1900. The van der Waals surface area contributed by atoms with E-state index in [0.29, 0.717) is 25.9 Å². The van der Waals surface area contributed by atoms with Gasteiger partial charge < -0.3 is 10.6 Å². The van der Waals surface area contributed by atoms with Crippen molar-refractivity contribution in [3.05, 3.63) is 130 Å². The van der Waals surface area contributed by atoms with Gasteiger partial charge >= 0.3 is 0 Å². The van der Waals surface area contributed by atoms with Crippen molar-refractivity contribution in [3.63, 3.8) is 0 Å². The molecular weight excluding hydrogens is 577 g/mol. The monoisotopic (exact) mass is 616 g/mol. The minimum atomic E-state index is -3.58. The van der Waals surface area contributed by atoms with Gasteiger partial charge in [-0.2, -0.15) is 4.31 Å². The summed E-state index contributed by atoms with van der Waals surface area (Å²) in [4.78, 5) is 5.24. The van der Waals surface area contributed by atoms with Gasteiger partial charge in [-0.05, 0) is 103 Å². The van der Waals surface area contributed by atoms with Crippen LogP contribution in [0.25, 0.3) is 28.3 Å². The molecular formula is C38H40N4O2S. The van der Waals surface area contributed by atoms with E-state index in [1.807, 2.05) is 46.0 Å². The Kier molecular flexibility index (Phi) is 8.49. The summed E-state index contributed by atoms with van der Waals surface area (Å²) in [5.41, 5.74) is 10.3. The average Bonchev–Trinajstić information content (AvgIpc) is 3.42. The lowest BCUT2D eigenvalue weighted by Gasteiger charge is -2.36. The number of amidine groups is 1. The van der Waals surface area contributed by atoms with E-state index in [9.17, 15) is 8.42 Å². The van der Waals surface area contributed by atoms with E-state index >= 15 is 0 Å². The topological polar surface area (TPSA) is 73.8 Å². The fourth-order valence-corrected chi connectivity index (χ4v) is 7.66. The number of anilines is 1. The van der Waals surface area contributed by atoms with E-state index < -0.39 is 15.6 Å². The van der Waals surface area contributed by atoms with Crippen molar-refractivity contribution in [1.82, 2.24) is 9.62 Å². The van der Waals surface area contributed by atoms with Crippen LogP contribution >= 0.6 is 0 Å². The molecule has 230 valence electrons. The number of sulfonamides is 1. The van der Waals surface area contributed by atoms with Crippen molar-refractivity contribution in [2.75, 3.05) is 25.5 Å². The highest BCUT2D eigenvalue weighted by Crippen LogP contribution is 2.38. The van der Waals surface area contributed by atoms with Crippen molar-refractivity contribution in [3.8, 4) is 22.3 Å². The van der Waals surface area contributed by atoms with Gasteiger partial charge in [0.25, 0.3) is 0 Å². The highest BCUT2D eigenvalue weighted by Gasteiger charge is 2.44. The Morgan fingerprint density at radius 1 is 0.800 bits per heavy atom. The van der Waals surface area contributed by atoms with Gasteiger partial charge in [0.2, 0.25) is 10.0 Å². The maximum absolute atomic E-state index is 13.4. The number of allylic oxidation sites excluding steroid dienone is 1. The van der Waals surface area contributed by atoms with Crippen LogP contribution in [0.5, 0.6) is 0 Å². The summed E-state index contributed by atoms with van der Waals surface area (Å²) in [6, 6.07) is 31.5. The molecule has 6 nitrogen and oxygen atoms in total. The Morgan fingerprint density at radius 3 is 1.96 bits per heavy atom. The molecule has 2 aliphatic rings. The SMILES string of the molecule is CC=C1NC(c2cccc(-c3cccc(-c4ccccc4)c3)c2)=NC12CCN(S(=O)(=O)/C=C/c1c(C)cc(NC)cc1C)CC2. The molecule has 2 aliphatic heterocycles. The molecule has 0 saturated carbocycles. The number of piperidine rings is 1. The van der Waals surface area contributed by atoms with Crippen molar-refractivity contribution >= 4 is 27.6 Å². The molecule has 6 rings (SSSR count). The van der Waals surface area contributed by atoms with Crippen LogP contribution in [-0.2, 0) is 10.0 Å². The van der Waals surface area contributed by atoms with Crippen molar-refractivity contribution in [2.24, 2.45) is 4.99 Å². The summed E-state index contributed by atoms with van der Waals surface area (Å²) < 4.78 is 28.4. The second kappa shape index (κ2) is 12.5. The smallest absolute Gasteiger partial charge is 0.236 e. The summed E-state index contributed by atoms with van der Waals surface area (Å²) in [7, 11) is -1.70. The molecule has 1 saturated heterocycles. The molecule has 0 aromatic heterocycles. The zero-order chi connectivity index (χ0) is 31.6. The zero-order valence-corrected chi connectivity index (χ0v) is 27.2. The standard InChI is InChI=1S/C38H40N4O2S/c1-5-36-38(18-20-42(21-19-38)45(43,44)22-17-35-27(2)23-34(39-4)24-28(35)3)41-37(40-36)33-16-10-15-32(26-33)31-14-9-13-30(25-31)29-11-7-6-8-12-29/h5-17,22-26,39H,18-21H2,1-4H3,(H,40,41)/b22-17+,36-5?. The predicted molar refractivity (Wildman–Crippen MR) is 188 cm³/mol. The molecule has 4 aromatic rings. The number of hydrogen-bond donors (Lipinski definition) is 2. The molecule has 7 heteroatoms. The first-order chi connectivity index (χ1) is 21.7. The summed E-state index contributed by atoms with van der Waals surface area (Å²) in [5.74, 6) is 0.830. The fourth-order valence-electron chi connectivity index (χ4n) is 6.49. The van der Waals surface area contributed by atoms with Crippen LogP contribution in [0, 0.1) is 13.8 Å². The third-order valence-corrected chi connectivity index (χ3v) is 10.6. The Labute approximate surface area is 267 Å². The third-order valence-electron chi connectivity index (χ3n) is 9.01. The van der Waals surface area contributed by atoms with E-state index in [-0.39, 0.29) is 0 Å². The van der Waals surface area contributed by atoms with Gasteiger partial charge in [-0.25, -0.2) is 8.42 Å². The molecule has 0 aliphatic carbocycles. The maximum Gasteiger partial charge on any atom is 0.236 e. The lowest BCUT2D eigenvalue weighted by molar-refractivity contribution is 0.271. The first-order valence-electron chi connectivity index (χ1n) is 15.5.